The van der Waals surface area contributed by atoms with E-state index in [4.69, 9.17) is 9.47 Å². The normalized spacial score (nSPS) is 22.0. The van der Waals surface area contributed by atoms with E-state index in [9.17, 15) is 4.79 Å². The lowest BCUT2D eigenvalue weighted by Crippen LogP contribution is -2.40. The standard InChI is InChI=1S/C19H25N3O3/c1-5-19(3)11-16(13-7-9-14(24-4)10-8-13)21-17-15(12-20-22(17)19)18(23)25-6-2/h7-10,12,16,21H,5-6,11H2,1-4H3. The highest BCUT2D eigenvalue weighted by atomic mass is 16.5. The predicted octanol–water partition coefficient (Wildman–Crippen LogP) is 3.75. The number of methoxy groups -OCH3 is 1. The number of aromatic nitrogens is 2. The molecule has 0 fully saturated rings. The summed E-state index contributed by atoms with van der Waals surface area (Å²) in [5.74, 6) is 1.22. The Morgan fingerprint density at radius 2 is 2.08 bits per heavy atom. The van der Waals surface area contributed by atoms with Crippen LogP contribution in [-0.4, -0.2) is 29.5 Å². The molecule has 0 aliphatic carbocycles. The minimum absolute atomic E-state index is 0.0910. The Kier molecular flexibility index (Phi) is 4.70. The third-order valence-electron chi connectivity index (χ3n) is 5.01. The molecule has 0 saturated heterocycles. The lowest BCUT2D eigenvalue weighted by Gasteiger charge is -2.40. The number of hydrogen-bond donors (Lipinski definition) is 1. The summed E-state index contributed by atoms with van der Waals surface area (Å²) in [7, 11) is 1.66. The van der Waals surface area contributed by atoms with Crippen LogP contribution in [0, 0.1) is 0 Å². The third-order valence-corrected chi connectivity index (χ3v) is 5.01. The molecule has 1 aromatic heterocycles. The molecule has 0 radical (unpaired) electrons. The molecular formula is C19H25N3O3. The molecule has 3 rings (SSSR count). The number of nitrogens with zero attached hydrogens (tertiary/aromatic N) is 2. The maximum absolute atomic E-state index is 12.3. The summed E-state index contributed by atoms with van der Waals surface area (Å²) in [4.78, 5) is 12.3. The van der Waals surface area contributed by atoms with E-state index in [-0.39, 0.29) is 17.6 Å². The molecule has 0 amide bonds. The van der Waals surface area contributed by atoms with Crippen molar-refractivity contribution in [3.05, 3.63) is 41.6 Å². The molecule has 134 valence electrons. The number of hydrogen-bond acceptors (Lipinski definition) is 5. The number of rotatable bonds is 5. The van der Waals surface area contributed by atoms with E-state index in [2.05, 4.69) is 36.4 Å². The largest absolute Gasteiger partial charge is 0.497 e. The predicted molar refractivity (Wildman–Crippen MR) is 96.1 cm³/mol. The Bertz CT molecular complexity index is 754. The van der Waals surface area contributed by atoms with Crippen LogP contribution in [0.3, 0.4) is 0 Å². The maximum atomic E-state index is 12.3. The average molecular weight is 343 g/mol. The summed E-state index contributed by atoms with van der Waals surface area (Å²) < 4.78 is 12.4. The fourth-order valence-electron chi connectivity index (χ4n) is 3.33. The highest BCUT2D eigenvalue weighted by molar-refractivity contribution is 5.94. The number of carbonyl (C=O) groups is 1. The van der Waals surface area contributed by atoms with E-state index in [0.29, 0.717) is 12.2 Å². The van der Waals surface area contributed by atoms with Crippen molar-refractivity contribution < 1.29 is 14.3 Å². The molecule has 0 saturated carbocycles. The van der Waals surface area contributed by atoms with Crippen LogP contribution in [0.1, 0.15) is 55.6 Å². The van der Waals surface area contributed by atoms with E-state index in [1.807, 2.05) is 16.8 Å². The zero-order valence-corrected chi connectivity index (χ0v) is 15.2. The van der Waals surface area contributed by atoms with Gasteiger partial charge in [-0.1, -0.05) is 19.1 Å². The van der Waals surface area contributed by atoms with Crippen molar-refractivity contribution in [1.82, 2.24) is 9.78 Å². The molecule has 25 heavy (non-hydrogen) atoms. The molecule has 2 unspecified atom stereocenters. The van der Waals surface area contributed by atoms with E-state index in [1.54, 1.807) is 20.2 Å². The van der Waals surface area contributed by atoms with Crippen LogP contribution in [0.5, 0.6) is 5.75 Å². The summed E-state index contributed by atoms with van der Waals surface area (Å²) >= 11 is 0. The van der Waals surface area contributed by atoms with Crippen molar-refractivity contribution in [1.29, 1.82) is 0 Å². The van der Waals surface area contributed by atoms with Crippen LogP contribution < -0.4 is 10.1 Å². The zero-order valence-electron chi connectivity index (χ0n) is 15.2. The number of fused-ring (bicyclic) bond motifs is 1. The van der Waals surface area contributed by atoms with Crippen LogP contribution in [-0.2, 0) is 10.3 Å². The van der Waals surface area contributed by atoms with Gasteiger partial charge in [0, 0.05) is 0 Å². The number of ether oxygens (including phenoxy) is 2. The van der Waals surface area contributed by atoms with Gasteiger partial charge in [0.15, 0.2) is 0 Å². The molecule has 2 heterocycles. The quantitative estimate of drug-likeness (QED) is 0.838. The van der Waals surface area contributed by atoms with Gasteiger partial charge in [-0.05, 0) is 44.4 Å². The first-order valence-corrected chi connectivity index (χ1v) is 8.68. The van der Waals surface area contributed by atoms with Crippen molar-refractivity contribution in [2.24, 2.45) is 0 Å². The lowest BCUT2D eigenvalue weighted by molar-refractivity contribution is 0.0527. The average Bonchev–Trinajstić information content (AvgIpc) is 3.07. The Morgan fingerprint density at radius 1 is 1.36 bits per heavy atom. The highest BCUT2D eigenvalue weighted by Gasteiger charge is 2.38. The van der Waals surface area contributed by atoms with Gasteiger partial charge in [0.25, 0.3) is 0 Å². The Morgan fingerprint density at radius 3 is 2.68 bits per heavy atom. The summed E-state index contributed by atoms with van der Waals surface area (Å²) in [6.45, 7) is 6.47. The summed E-state index contributed by atoms with van der Waals surface area (Å²) in [6, 6.07) is 8.12. The van der Waals surface area contributed by atoms with Gasteiger partial charge in [0.2, 0.25) is 0 Å². The zero-order chi connectivity index (χ0) is 18.0. The second-order valence-electron chi connectivity index (χ2n) is 6.56. The molecule has 1 aromatic carbocycles. The molecular weight excluding hydrogens is 318 g/mol. The molecule has 2 atom stereocenters. The first-order valence-electron chi connectivity index (χ1n) is 8.68. The van der Waals surface area contributed by atoms with Crippen molar-refractivity contribution in [3.8, 4) is 5.75 Å². The molecule has 1 aliphatic rings. The van der Waals surface area contributed by atoms with Crippen LogP contribution >= 0.6 is 0 Å². The second kappa shape index (κ2) is 6.78. The van der Waals surface area contributed by atoms with Crippen LogP contribution in [0.25, 0.3) is 0 Å². The van der Waals surface area contributed by atoms with Crippen molar-refractivity contribution in [3.63, 3.8) is 0 Å². The Balaban J connectivity index is 1.99. The summed E-state index contributed by atoms with van der Waals surface area (Å²) in [6.07, 6.45) is 3.40. The molecule has 0 bridgehead atoms. The maximum Gasteiger partial charge on any atom is 0.343 e. The van der Waals surface area contributed by atoms with Crippen molar-refractivity contribution >= 4 is 11.8 Å². The van der Waals surface area contributed by atoms with Gasteiger partial charge in [-0.2, -0.15) is 5.10 Å². The molecule has 2 aromatic rings. The molecule has 6 nitrogen and oxygen atoms in total. The van der Waals surface area contributed by atoms with Crippen LogP contribution in [0.15, 0.2) is 30.5 Å². The molecule has 0 spiro atoms. The first kappa shape index (κ1) is 17.3. The number of benzene rings is 1. The minimum atomic E-state index is -0.343. The second-order valence-corrected chi connectivity index (χ2v) is 6.56. The van der Waals surface area contributed by atoms with Gasteiger partial charge in [-0.25, -0.2) is 9.48 Å². The van der Waals surface area contributed by atoms with Gasteiger partial charge in [0.1, 0.15) is 17.1 Å². The van der Waals surface area contributed by atoms with Gasteiger partial charge in [0.05, 0.1) is 31.5 Å². The number of anilines is 1. The monoisotopic (exact) mass is 343 g/mol. The van der Waals surface area contributed by atoms with Crippen molar-refractivity contribution in [2.75, 3.05) is 19.0 Å². The summed E-state index contributed by atoms with van der Waals surface area (Å²) in [5, 5.41) is 7.96. The van der Waals surface area contributed by atoms with Gasteiger partial charge < -0.3 is 14.8 Å². The van der Waals surface area contributed by atoms with E-state index < -0.39 is 0 Å². The third kappa shape index (κ3) is 3.08. The Labute approximate surface area is 148 Å². The van der Waals surface area contributed by atoms with Gasteiger partial charge >= 0.3 is 5.97 Å². The minimum Gasteiger partial charge on any atom is -0.497 e. The number of carbonyl (C=O) groups excluding carboxylic acids is 1. The van der Waals surface area contributed by atoms with Crippen molar-refractivity contribution in [2.45, 2.75) is 45.2 Å². The molecule has 1 N–H and O–H groups in total. The highest BCUT2D eigenvalue weighted by Crippen LogP contribution is 2.42. The van der Waals surface area contributed by atoms with E-state index in [1.165, 1.54) is 0 Å². The summed E-state index contributed by atoms with van der Waals surface area (Å²) in [5.41, 5.74) is 1.47. The first-order chi connectivity index (χ1) is 12.0. The van der Waals surface area contributed by atoms with E-state index in [0.717, 1.165) is 30.0 Å². The Hall–Kier alpha value is -2.50. The fourth-order valence-corrected chi connectivity index (χ4v) is 3.33. The number of nitrogens with one attached hydrogen (secondary N) is 1. The fraction of sp³-hybridized carbons (Fsp3) is 0.474. The van der Waals surface area contributed by atoms with Crippen LogP contribution in [0.4, 0.5) is 5.82 Å². The topological polar surface area (TPSA) is 65.4 Å². The smallest absolute Gasteiger partial charge is 0.343 e. The van der Waals surface area contributed by atoms with Gasteiger partial charge in [-0.3, -0.25) is 0 Å². The number of esters is 1. The molecule has 1 aliphatic heterocycles. The SMILES string of the molecule is CCOC(=O)c1cnn2c1NC(c1ccc(OC)cc1)CC2(C)CC. The molecule has 6 heteroatoms. The lowest BCUT2D eigenvalue weighted by atomic mass is 9.85. The van der Waals surface area contributed by atoms with Gasteiger partial charge in [-0.15, -0.1) is 0 Å². The van der Waals surface area contributed by atoms with Crippen LogP contribution in [0.2, 0.25) is 0 Å². The van der Waals surface area contributed by atoms with E-state index >= 15 is 0 Å².